The van der Waals surface area contributed by atoms with E-state index in [1.54, 1.807) is 47.2 Å². The predicted molar refractivity (Wildman–Crippen MR) is 176 cm³/mol. The number of hydrogen-bond donors (Lipinski definition) is 1. The summed E-state index contributed by atoms with van der Waals surface area (Å²) in [6, 6.07) is 17.1. The van der Waals surface area contributed by atoms with E-state index in [-0.39, 0.29) is 23.0 Å². The first-order chi connectivity index (χ1) is 23.4. The third-order valence-corrected chi connectivity index (χ3v) is 8.09. The van der Waals surface area contributed by atoms with Gasteiger partial charge in [0.05, 0.1) is 43.7 Å². The molecule has 11 nitrogen and oxygen atoms in total. The number of methoxy groups -OCH3 is 2. The topological polar surface area (TPSA) is 113 Å². The van der Waals surface area contributed by atoms with Crippen molar-refractivity contribution in [2.75, 3.05) is 45.8 Å². The number of nitrogens with zero attached hydrogens (tertiary/aromatic N) is 5. The quantitative estimate of drug-likeness (QED) is 0.200. The molecule has 0 amide bonds. The smallest absolute Gasteiger partial charge is 0.266 e. The first kappa shape index (κ1) is 31.0. The second kappa shape index (κ2) is 13.2. The number of rotatable bonds is 9. The van der Waals surface area contributed by atoms with Gasteiger partial charge < -0.3 is 24.3 Å². The summed E-state index contributed by atoms with van der Waals surface area (Å²) in [5.74, 6) is 0.132. The van der Waals surface area contributed by atoms with Crippen molar-refractivity contribution in [3.63, 3.8) is 0 Å². The van der Waals surface area contributed by atoms with Gasteiger partial charge in [-0.3, -0.25) is 14.3 Å². The minimum Gasteiger partial charge on any atom is -0.493 e. The van der Waals surface area contributed by atoms with Crippen molar-refractivity contribution >= 4 is 33.2 Å². The molecule has 3 aromatic carbocycles. The molecule has 13 heteroatoms. The van der Waals surface area contributed by atoms with Crippen LogP contribution in [0.25, 0.3) is 27.4 Å². The van der Waals surface area contributed by atoms with Crippen LogP contribution in [-0.4, -0.2) is 64.9 Å². The van der Waals surface area contributed by atoms with Crippen LogP contribution in [0.4, 0.5) is 20.3 Å². The standard InChI is InChI=1S/C35H30F2N6O5/c1-45-30-17-26-28(18-31(30)46-2)39-20-40-34(26)48-29-8-5-23(16-27(29)37)41-33-32-21(9-10-38-33)15-25(19-42-11-13-47-14-12-42)43(35(32)44)24-6-3-22(36)4-7-24/h3-10,15-18,20H,11-14,19H2,1-2H3,(H,38,41). The van der Waals surface area contributed by atoms with E-state index in [4.69, 9.17) is 18.9 Å². The van der Waals surface area contributed by atoms with Gasteiger partial charge in [-0.05, 0) is 60.0 Å². The lowest BCUT2D eigenvalue weighted by atomic mass is 10.1. The molecule has 48 heavy (non-hydrogen) atoms. The molecule has 0 atom stereocenters. The van der Waals surface area contributed by atoms with Crippen LogP contribution in [0.2, 0.25) is 0 Å². The summed E-state index contributed by atoms with van der Waals surface area (Å²) in [4.78, 5) is 29.3. The van der Waals surface area contributed by atoms with Gasteiger partial charge in [0.1, 0.15) is 18.0 Å². The molecule has 1 aliphatic rings. The zero-order valence-electron chi connectivity index (χ0n) is 26.1. The van der Waals surface area contributed by atoms with Gasteiger partial charge in [-0.1, -0.05) is 0 Å². The zero-order chi connectivity index (χ0) is 33.2. The molecule has 0 saturated carbocycles. The molecule has 1 fully saturated rings. The number of aromatic nitrogens is 4. The SMILES string of the molecule is COc1cc2ncnc(Oc3ccc(Nc4nccc5cc(CN6CCOCC6)n(-c6ccc(F)cc6)c(=O)c45)cc3F)c2cc1OC. The van der Waals surface area contributed by atoms with Crippen molar-refractivity contribution in [3.05, 3.63) is 107 Å². The Kier molecular flexibility index (Phi) is 8.53. The van der Waals surface area contributed by atoms with Crippen LogP contribution >= 0.6 is 0 Å². The van der Waals surface area contributed by atoms with Gasteiger partial charge in [-0.25, -0.2) is 23.7 Å². The number of pyridine rings is 2. The van der Waals surface area contributed by atoms with E-state index in [2.05, 4.69) is 25.2 Å². The summed E-state index contributed by atoms with van der Waals surface area (Å²) in [6.07, 6.45) is 2.90. The molecule has 6 aromatic rings. The van der Waals surface area contributed by atoms with Crippen LogP contribution < -0.4 is 25.1 Å². The van der Waals surface area contributed by atoms with Gasteiger partial charge >= 0.3 is 0 Å². The number of anilines is 2. The Hall–Kier alpha value is -5.66. The summed E-state index contributed by atoms with van der Waals surface area (Å²) in [5, 5.41) is 4.56. The van der Waals surface area contributed by atoms with Crippen molar-refractivity contribution < 1.29 is 27.7 Å². The molecule has 0 spiro atoms. The van der Waals surface area contributed by atoms with Crippen LogP contribution in [0.1, 0.15) is 5.69 Å². The molecule has 1 N–H and O–H groups in total. The highest BCUT2D eigenvalue weighted by molar-refractivity contribution is 5.93. The summed E-state index contributed by atoms with van der Waals surface area (Å²) >= 11 is 0. The van der Waals surface area contributed by atoms with Crippen molar-refractivity contribution in [3.8, 4) is 28.8 Å². The molecule has 0 aliphatic carbocycles. The van der Waals surface area contributed by atoms with Gasteiger partial charge in [0.25, 0.3) is 5.56 Å². The van der Waals surface area contributed by atoms with Gasteiger partial charge in [0, 0.05) is 55.0 Å². The number of benzene rings is 3. The van der Waals surface area contributed by atoms with Gasteiger partial charge in [-0.2, -0.15) is 0 Å². The average Bonchev–Trinajstić information content (AvgIpc) is 3.10. The fraction of sp³-hybridized carbons (Fsp3) is 0.200. The Labute approximate surface area is 273 Å². The number of hydrogen-bond acceptors (Lipinski definition) is 10. The van der Waals surface area contributed by atoms with Crippen molar-refractivity contribution in [2.45, 2.75) is 6.54 Å². The minimum absolute atomic E-state index is 0.0763. The molecule has 3 aromatic heterocycles. The number of ether oxygens (including phenoxy) is 4. The average molecular weight is 653 g/mol. The highest BCUT2D eigenvalue weighted by Gasteiger charge is 2.20. The van der Waals surface area contributed by atoms with E-state index >= 15 is 4.39 Å². The number of morpholine rings is 1. The number of halogens is 2. The van der Waals surface area contributed by atoms with E-state index in [1.165, 1.54) is 44.8 Å². The van der Waals surface area contributed by atoms with E-state index in [9.17, 15) is 9.18 Å². The number of fused-ring (bicyclic) bond motifs is 2. The molecular weight excluding hydrogens is 622 g/mol. The van der Waals surface area contributed by atoms with Crippen LogP contribution in [-0.2, 0) is 11.3 Å². The van der Waals surface area contributed by atoms with Crippen molar-refractivity contribution in [2.24, 2.45) is 0 Å². The Balaban J connectivity index is 1.23. The third kappa shape index (κ3) is 6.08. The zero-order valence-corrected chi connectivity index (χ0v) is 26.1. The molecular formula is C35H30F2N6O5. The predicted octanol–water partition coefficient (Wildman–Crippen LogP) is 5.99. The van der Waals surface area contributed by atoms with Crippen LogP contribution in [0.3, 0.4) is 0 Å². The molecule has 0 unspecified atom stereocenters. The normalized spacial score (nSPS) is 13.5. The Morgan fingerprint density at radius 2 is 1.65 bits per heavy atom. The fourth-order valence-electron chi connectivity index (χ4n) is 5.72. The lowest BCUT2D eigenvalue weighted by molar-refractivity contribution is 0.0333. The van der Waals surface area contributed by atoms with E-state index in [0.717, 1.165) is 18.8 Å². The summed E-state index contributed by atoms with van der Waals surface area (Å²) in [6.45, 7) is 3.14. The molecule has 244 valence electrons. The fourth-order valence-corrected chi connectivity index (χ4v) is 5.72. The van der Waals surface area contributed by atoms with E-state index in [1.807, 2.05) is 6.07 Å². The maximum atomic E-state index is 15.5. The second-order valence-corrected chi connectivity index (χ2v) is 11.0. The monoisotopic (exact) mass is 652 g/mol. The third-order valence-electron chi connectivity index (χ3n) is 8.09. The number of nitrogens with one attached hydrogen (secondary N) is 1. The minimum atomic E-state index is -0.677. The van der Waals surface area contributed by atoms with Crippen LogP contribution in [0.5, 0.6) is 23.1 Å². The maximum absolute atomic E-state index is 15.5. The van der Waals surface area contributed by atoms with Gasteiger partial charge in [-0.15, -0.1) is 0 Å². The molecule has 1 saturated heterocycles. The van der Waals surface area contributed by atoms with E-state index < -0.39 is 11.6 Å². The highest BCUT2D eigenvalue weighted by atomic mass is 19.1. The summed E-state index contributed by atoms with van der Waals surface area (Å²) in [5.41, 5.74) is 1.77. The van der Waals surface area contributed by atoms with Crippen LogP contribution in [0.15, 0.2) is 84.0 Å². The maximum Gasteiger partial charge on any atom is 0.266 e. The lowest BCUT2D eigenvalue weighted by Crippen LogP contribution is -2.37. The van der Waals surface area contributed by atoms with Crippen molar-refractivity contribution in [1.29, 1.82) is 0 Å². The van der Waals surface area contributed by atoms with Crippen LogP contribution in [0, 0.1) is 11.6 Å². The van der Waals surface area contributed by atoms with Gasteiger partial charge in [0.15, 0.2) is 23.1 Å². The Morgan fingerprint density at radius 1 is 0.875 bits per heavy atom. The second-order valence-electron chi connectivity index (χ2n) is 11.0. The molecule has 7 rings (SSSR count). The first-order valence-electron chi connectivity index (χ1n) is 15.1. The lowest BCUT2D eigenvalue weighted by Gasteiger charge is -2.28. The molecule has 0 radical (unpaired) electrons. The Morgan fingerprint density at radius 3 is 2.40 bits per heavy atom. The van der Waals surface area contributed by atoms with Gasteiger partial charge in [0.2, 0.25) is 5.88 Å². The largest absolute Gasteiger partial charge is 0.493 e. The molecule has 0 bridgehead atoms. The molecule has 4 heterocycles. The Bertz CT molecular complexity index is 2190. The first-order valence-corrected chi connectivity index (χ1v) is 15.1. The molecule has 1 aliphatic heterocycles. The van der Waals surface area contributed by atoms with E-state index in [0.29, 0.717) is 64.3 Å². The summed E-state index contributed by atoms with van der Waals surface area (Å²) in [7, 11) is 3.03. The summed E-state index contributed by atoms with van der Waals surface area (Å²) < 4.78 is 53.1. The van der Waals surface area contributed by atoms with Crippen molar-refractivity contribution in [1.82, 2.24) is 24.4 Å². The highest BCUT2D eigenvalue weighted by Crippen LogP contribution is 2.37.